The highest BCUT2D eigenvalue weighted by Gasteiger charge is 2.42. The van der Waals surface area contributed by atoms with Crippen molar-refractivity contribution in [2.75, 3.05) is 7.11 Å². The summed E-state index contributed by atoms with van der Waals surface area (Å²) in [7, 11) is 2.05. The molecular weight excluding hydrogens is 462 g/mol. The summed E-state index contributed by atoms with van der Waals surface area (Å²) in [5, 5.41) is -0.585. The fourth-order valence-corrected chi connectivity index (χ4v) is 4.19. The van der Waals surface area contributed by atoms with E-state index in [-0.39, 0.29) is 14.2 Å². The maximum atomic E-state index is 6.53. The summed E-state index contributed by atoms with van der Waals surface area (Å²) in [5.74, 6) is 3.11. The molecule has 3 atom stereocenters. The zero-order valence-corrected chi connectivity index (χ0v) is 23.3. The lowest BCUT2D eigenvalue weighted by Crippen LogP contribution is -2.41. The van der Waals surface area contributed by atoms with Crippen molar-refractivity contribution in [2.45, 2.75) is 52.5 Å². The van der Waals surface area contributed by atoms with Gasteiger partial charge in [0.05, 0.1) is 21.5 Å². The van der Waals surface area contributed by atoms with E-state index in [9.17, 15) is 0 Å². The minimum Gasteiger partial charge on any atom is -0.497 e. The monoisotopic (exact) mass is 500 g/mol. The lowest BCUT2D eigenvalue weighted by atomic mass is 9.89. The molecule has 0 saturated carbocycles. The molecule has 0 aliphatic carbocycles. The Morgan fingerprint density at radius 1 is 0.941 bits per heavy atom. The Morgan fingerprint density at radius 2 is 1.59 bits per heavy atom. The molecule has 0 fully saturated rings. The molecule has 2 rings (SSSR count). The second-order valence-electron chi connectivity index (χ2n) is 9.29. The molecule has 0 saturated heterocycles. The molecule has 0 bridgehead atoms. The summed E-state index contributed by atoms with van der Waals surface area (Å²) >= 11 is 0. The fraction of sp³-hybridized carbons (Fsp3) is 0.357. The molecule has 2 aromatic carbocycles. The molecule has 0 radical (unpaired) electrons. The molecule has 4 nitrogen and oxygen atoms in total. The Hall–Kier alpha value is -2.28. The number of rotatable bonds is 12. The van der Waals surface area contributed by atoms with E-state index >= 15 is 0 Å². The average Bonchev–Trinajstić information content (AvgIpc) is 2.80. The van der Waals surface area contributed by atoms with Gasteiger partial charge in [-0.2, -0.15) is 0 Å². The summed E-state index contributed by atoms with van der Waals surface area (Å²) in [6.07, 6.45) is 7.49. The van der Waals surface area contributed by atoms with Gasteiger partial charge in [-0.05, 0) is 49.4 Å². The quantitative estimate of drug-likeness (QED) is 0.166. The molecule has 184 valence electrons. The van der Waals surface area contributed by atoms with E-state index < -0.39 is 5.34 Å². The molecule has 2 aromatic rings. The standard InChI is InChI=1S/C28H38O4P2/c1-9-10-11-15-26(24-14-12-13-16-25(24)31-33-21(2)3)32-34-28(7,27(4,5)6)30-23-19-17-22(29-8)18-20-23/h9-21,33-34H,1H2,2-8H3/b11-10-,26-15-. The number of para-hydroxylation sites is 1. The molecular formula is C28H38O4P2. The van der Waals surface area contributed by atoms with Crippen LogP contribution >= 0.6 is 17.6 Å². The molecule has 0 N–H and O–H groups in total. The molecule has 6 heteroatoms. The zero-order chi connectivity index (χ0) is 25.2. The van der Waals surface area contributed by atoms with Crippen molar-refractivity contribution >= 4 is 23.4 Å². The molecule has 34 heavy (non-hydrogen) atoms. The molecule has 0 aliphatic heterocycles. The van der Waals surface area contributed by atoms with Crippen molar-refractivity contribution in [1.82, 2.24) is 0 Å². The van der Waals surface area contributed by atoms with Gasteiger partial charge < -0.3 is 18.5 Å². The lowest BCUT2D eigenvalue weighted by molar-refractivity contribution is 0.0597. The zero-order valence-electron chi connectivity index (χ0n) is 21.3. The third-order valence-electron chi connectivity index (χ3n) is 5.22. The van der Waals surface area contributed by atoms with Crippen molar-refractivity contribution < 1.29 is 18.5 Å². The third-order valence-corrected chi connectivity index (χ3v) is 7.59. The second-order valence-corrected chi connectivity index (χ2v) is 12.2. The van der Waals surface area contributed by atoms with Crippen LogP contribution in [0.1, 0.15) is 47.1 Å². The topological polar surface area (TPSA) is 36.9 Å². The third kappa shape index (κ3) is 8.19. The van der Waals surface area contributed by atoms with Gasteiger partial charge in [0.15, 0.2) is 5.34 Å². The van der Waals surface area contributed by atoms with Crippen LogP contribution in [0.5, 0.6) is 17.2 Å². The smallest absolute Gasteiger partial charge is 0.162 e. The van der Waals surface area contributed by atoms with Gasteiger partial charge in [-0.25, -0.2) is 0 Å². The highest BCUT2D eigenvalue weighted by atomic mass is 31.1. The summed E-state index contributed by atoms with van der Waals surface area (Å²) in [6, 6.07) is 15.6. The molecule has 0 aliphatic rings. The van der Waals surface area contributed by atoms with Gasteiger partial charge in [-0.3, -0.25) is 0 Å². The highest BCUT2D eigenvalue weighted by molar-refractivity contribution is 7.34. The predicted molar refractivity (Wildman–Crippen MR) is 149 cm³/mol. The van der Waals surface area contributed by atoms with Crippen LogP contribution in [0.2, 0.25) is 0 Å². The van der Waals surface area contributed by atoms with Crippen molar-refractivity contribution in [3.63, 3.8) is 0 Å². The van der Waals surface area contributed by atoms with E-state index in [4.69, 9.17) is 18.5 Å². The van der Waals surface area contributed by atoms with Gasteiger partial charge in [-0.15, -0.1) is 0 Å². The van der Waals surface area contributed by atoms with Gasteiger partial charge >= 0.3 is 0 Å². The summed E-state index contributed by atoms with van der Waals surface area (Å²) in [5.41, 5.74) is 1.17. The Kier molecular flexibility index (Phi) is 10.7. The fourth-order valence-electron chi connectivity index (χ4n) is 2.70. The minimum atomic E-state index is -0.585. The predicted octanol–water partition coefficient (Wildman–Crippen LogP) is 8.61. The van der Waals surface area contributed by atoms with Gasteiger partial charge in [-0.1, -0.05) is 71.6 Å². The number of benzene rings is 2. The molecule has 0 spiro atoms. The number of allylic oxidation sites excluding steroid dienone is 4. The first kappa shape index (κ1) is 28.0. The molecule has 0 heterocycles. The van der Waals surface area contributed by atoms with Crippen molar-refractivity contribution in [3.8, 4) is 17.2 Å². The summed E-state index contributed by atoms with van der Waals surface area (Å²) < 4.78 is 24.4. The van der Waals surface area contributed by atoms with E-state index in [1.807, 2.05) is 66.8 Å². The van der Waals surface area contributed by atoms with Gasteiger partial charge in [0.2, 0.25) is 0 Å². The Labute approximate surface area is 209 Å². The molecule has 0 aromatic heterocycles. The summed E-state index contributed by atoms with van der Waals surface area (Å²) in [6.45, 7) is 16.6. The number of hydrogen-bond acceptors (Lipinski definition) is 4. The SMILES string of the molecule is C=C/C=C\C=C(/OPC(C)(Oc1ccc(OC)cc1)C(C)(C)C)c1ccccc1OPC(C)C. The number of ether oxygens (including phenoxy) is 2. The number of hydrogen-bond donors (Lipinski definition) is 0. The summed E-state index contributed by atoms with van der Waals surface area (Å²) in [4.78, 5) is 0. The first-order valence-electron chi connectivity index (χ1n) is 11.4. The van der Waals surface area contributed by atoms with Crippen LogP contribution in [0.4, 0.5) is 0 Å². The van der Waals surface area contributed by atoms with Crippen LogP contribution < -0.4 is 14.0 Å². The average molecular weight is 501 g/mol. The second kappa shape index (κ2) is 13.0. The van der Waals surface area contributed by atoms with Crippen molar-refractivity contribution in [3.05, 3.63) is 85.0 Å². The van der Waals surface area contributed by atoms with Crippen LogP contribution in [0.25, 0.3) is 5.76 Å². The van der Waals surface area contributed by atoms with Crippen LogP contribution in [-0.2, 0) is 4.52 Å². The van der Waals surface area contributed by atoms with Crippen LogP contribution in [0.15, 0.2) is 79.4 Å². The van der Waals surface area contributed by atoms with Crippen LogP contribution in [0.3, 0.4) is 0 Å². The van der Waals surface area contributed by atoms with E-state index in [2.05, 4.69) is 48.1 Å². The van der Waals surface area contributed by atoms with Crippen LogP contribution in [-0.4, -0.2) is 18.1 Å². The Balaban J connectivity index is 2.35. The van der Waals surface area contributed by atoms with E-state index in [0.717, 1.165) is 28.6 Å². The Morgan fingerprint density at radius 3 is 2.18 bits per heavy atom. The number of methoxy groups -OCH3 is 1. The van der Waals surface area contributed by atoms with Crippen LogP contribution in [0, 0.1) is 5.41 Å². The van der Waals surface area contributed by atoms with E-state index in [0.29, 0.717) is 14.5 Å². The van der Waals surface area contributed by atoms with E-state index in [1.54, 1.807) is 13.2 Å². The normalized spacial score (nSPS) is 14.8. The lowest BCUT2D eigenvalue weighted by Gasteiger charge is -2.41. The first-order valence-corrected chi connectivity index (χ1v) is 13.3. The molecule has 3 unspecified atom stereocenters. The van der Waals surface area contributed by atoms with Crippen molar-refractivity contribution in [2.24, 2.45) is 5.41 Å². The Bertz CT molecular complexity index is 975. The minimum absolute atomic E-state index is 0.0275. The van der Waals surface area contributed by atoms with Gasteiger partial charge in [0.1, 0.15) is 31.8 Å². The molecule has 0 amide bonds. The van der Waals surface area contributed by atoms with Crippen molar-refractivity contribution in [1.29, 1.82) is 0 Å². The van der Waals surface area contributed by atoms with Gasteiger partial charge in [0.25, 0.3) is 0 Å². The first-order chi connectivity index (χ1) is 16.1. The van der Waals surface area contributed by atoms with E-state index in [1.165, 1.54) is 0 Å². The highest BCUT2D eigenvalue weighted by Crippen LogP contribution is 2.50. The van der Waals surface area contributed by atoms with Gasteiger partial charge in [0, 0.05) is 11.1 Å². The maximum absolute atomic E-state index is 6.53. The maximum Gasteiger partial charge on any atom is 0.162 e. The largest absolute Gasteiger partial charge is 0.497 e.